The number of aromatic nitrogens is 2. The van der Waals surface area contributed by atoms with Gasteiger partial charge in [0.25, 0.3) is 5.91 Å². The molecule has 0 atom stereocenters. The number of hydrogen-bond donors (Lipinski definition) is 1. The Morgan fingerprint density at radius 3 is 2.59 bits per heavy atom. The molecule has 1 fully saturated rings. The smallest absolute Gasteiger partial charge is 0.255 e. The van der Waals surface area contributed by atoms with E-state index in [1.54, 1.807) is 31.3 Å². The number of amides is 1. The number of imidazole rings is 1. The molecule has 1 N–H and O–H groups in total. The molecule has 0 unspecified atom stereocenters. The molecule has 3 rings (SSSR count). The van der Waals surface area contributed by atoms with E-state index in [0.717, 1.165) is 12.8 Å². The minimum Gasteiger partial charge on any atom is -0.338 e. The zero-order chi connectivity index (χ0) is 19.6. The average Bonchev–Trinajstić information content (AvgIpc) is 3.15. The first kappa shape index (κ1) is 19.9. The maximum absolute atomic E-state index is 12.9. The van der Waals surface area contributed by atoms with Crippen molar-refractivity contribution in [2.24, 2.45) is 0 Å². The van der Waals surface area contributed by atoms with Crippen LogP contribution in [0.5, 0.6) is 0 Å². The third-order valence-electron chi connectivity index (χ3n) is 4.57. The van der Waals surface area contributed by atoms with Gasteiger partial charge in [-0.2, -0.15) is 0 Å². The summed E-state index contributed by atoms with van der Waals surface area (Å²) in [5.74, 6) is -0.245. The van der Waals surface area contributed by atoms with Gasteiger partial charge < -0.3 is 9.47 Å². The fourth-order valence-corrected chi connectivity index (χ4v) is 4.71. The van der Waals surface area contributed by atoms with Gasteiger partial charge in [-0.25, -0.2) is 18.1 Å². The first-order chi connectivity index (χ1) is 12.8. The van der Waals surface area contributed by atoms with Crippen LogP contribution in [0, 0.1) is 0 Å². The summed E-state index contributed by atoms with van der Waals surface area (Å²) in [6.07, 6.45) is 7.08. The van der Waals surface area contributed by atoms with Crippen molar-refractivity contribution in [3.8, 4) is 0 Å². The van der Waals surface area contributed by atoms with Crippen molar-refractivity contribution >= 4 is 27.5 Å². The molecular formula is C18H23ClN4O3S. The van der Waals surface area contributed by atoms with Gasteiger partial charge in [0.2, 0.25) is 10.0 Å². The van der Waals surface area contributed by atoms with Gasteiger partial charge in [0.1, 0.15) is 0 Å². The van der Waals surface area contributed by atoms with Gasteiger partial charge in [-0.1, -0.05) is 11.6 Å². The van der Waals surface area contributed by atoms with Crippen LogP contribution in [0.25, 0.3) is 0 Å². The van der Waals surface area contributed by atoms with Gasteiger partial charge in [-0.3, -0.25) is 4.79 Å². The molecule has 1 amide bonds. The van der Waals surface area contributed by atoms with Crippen molar-refractivity contribution in [1.29, 1.82) is 0 Å². The molecule has 2 heterocycles. The number of likely N-dealkylation sites (tertiary alicyclic amines) is 1. The van der Waals surface area contributed by atoms with Crippen LogP contribution in [0.3, 0.4) is 0 Å². The van der Waals surface area contributed by atoms with Crippen LogP contribution in [-0.4, -0.2) is 47.9 Å². The summed E-state index contributed by atoms with van der Waals surface area (Å²) in [6.45, 7) is 4.65. The third kappa shape index (κ3) is 4.51. The zero-order valence-electron chi connectivity index (χ0n) is 15.3. The number of hydrogen-bond acceptors (Lipinski definition) is 4. The van der Waals surface area contributed by atoms with Crippen molar-refractivity contribution < 1.29 is 13.2 Å². The van der Waals surface area contributed by atoms with Crippen molar-refractivity contribution in [1.82, 2.24) is 19.2 Å². The predicted molar refractivity (Wildman–Crippen MR) is 103 cm³/mol. The lowest BCUT2D eigenvalue weighted by molar-refractivity contribution is 0.0694. The first-order valence-corrected chi connectivity index (χ1v) is 10.7. The lowest BCUT2D eigenvalue weighted by Gasteiger charge is -2.32. The van der Waals surface area contributed by atoms with E-state index < -0.39 is 10.0 Å². The van der Waals surface area contributed by atoms with E-state index in [1.807, 2.05) is 6.20 Å². The van der Waals surface area contributed by atoms with E-state index in [1.165, 1.54) is 18.2 Å². The molecule has 9 heteroatoms. The average molecular weight is 411 g/mol. The van der Waals surface area contributed by atoms with E-state index in [0.29, 0.717) is 19.1 Å². The highest BCUT2D eigenvalue weighted by molar-refractivity contribution is 7.89. The Bertz CT molecular complexity index is 905. The maximum Gasteiger partial charge on any atom is 0.255 e. The number of carbonyl (C=O) groups excluding carboxylic acids is 1. The molecule has 0 spiro atoms. The first-order valence-electron chi connectivity index (χ1n) is 8.86. The number of sulfonamides is 1. The lowest BCUT2D eigenvalue weighted by Crippen LogP contribution is -2.39. The minimum atomic E-state index is -3.69. The molecule has 1 saturated heterocycles. The molecule has 27 heavy (non-hydrogen) atoms. The summed E-state index contributed by atoms with van der Waals surface area (Å²) in [5, 5.41) is 0.250. The number of nitrogens with one attached hydrogen (secondary N) is 1. The van der Waals surface area contributed by atoms with Crippen LogP contribution in [0.2, 0.25) is 5.02 Å². The highest BCUT2D eigenvalue weighted by Gasteiger charge is 2.27. The second-order valence-corrected chi connectivity index (χ2v) is 9.07. The predicted octanol–water partition coefficient (Wildman–Crippen LogP) is 2.70. The monoisotopic (exact) mass is 410 g/mol. The largest absolute Gasteiger partial charge is 0.338 e. The second kappa shape index (κ2) is 8.00. The molecule has 0 saturated carbocycles. The number of halogens is 1. The number of benzene rings is 1. The Labute approximate surface area is 164 Å². The van der Waals surface area contributed by atoms with Crippen molar-refractivity contribution in [3.63, 3.8) is 0 Å². The Morgan fingerprint density at radius 2 is 2.00 bits per heavy atom. The van der Waals surface area contributed by atoms with Gasteiger partial charge in [-0.05, 0) is 44.9 Å². The number of rotatable bonds is 5. The van der Waals surface area contributed by atoms with E-state index in [4.69, 9.17) is 11.6 Å². The van der Waals surface area contributed by atoms with Gasteiger partial charge >= 0.3 is 0 Å². The molecule has 1 aliphatic rings. The Morgan fingerprint density at radius 1 is 1.30 bits per heavy atom. The summed E-state index contributed by atoms with van der Waals surface area (Å²) >= 11 is 6.20. The zero-order valence-corrected chi connectivity index (χ0v) is 16.9. The molecule has 0 bridgehead atoms. The molecule has 146 valence electrons. The second-order valence-electron chi connectivity index (χ2n) is 6.95. The van der Waals surface area contributed by atoms with Crippen LogP contribution in [0.4, 0.5) is 0 Å². The topological polar surface area (TPSA) is 84.3 Å². The summed E-state index contributed by atoms with van der Waals surface area (Å²) in [4.78, 5) is 18.8. The normalized spacial score (nSPS) is 16.1. The number of piperidine rings is 1. The molecular weight excluding hydrogens is 388 g/mol. The summed E-state index contributed by atoms with van der Waals surface area (Å²) < 4.78 is 29.4. The van der Waals surface area contributed by atoms with Crippen LogP contribution < -0.4 is 4.72 Å². The van der Waals surface area contributed by atoms with Crippen molar-refractivity contribution in [3.05, 3.63) is 47.5 Å². The highest BCUT2D eigenvalue weighted by atomic mass is 35.5. The molecule has 1 aromatic heterocycles. The molecule has 1 aromatic carbocycles. The maximum atomic E-state index is 12.9. The Kier molecular flexibility index (Phi) is 5.88. The molecule has 2 aromatic rings. The third-order valence-corrected chi connectivity index (χ3v) is 6.55. The molecule has 0 aliphatic carbocycles. The van der Waals surface area contributed by atoms with Gasteiger partial charge in [0.15, 0.2) is 0 Å². The fourth-order valence-electron chi connectivity index (χ4n) is 3.24. The van der Waals surface area contributed by atoms with E-state index in [2.05, 4.69) is 14.3 Å². The van der Waals surface area contributed by atoms with Gasteiger partial charge in [-0.15, -0.1) is 0 Å². The summed E-state index contributed by atoms with van der Waals surface area (Å²) in [7, 11) is -3.69. The number of nitrogens with zero attached hydrogens (tertiary/aromatic N) is 3. The van der Waals surface area contributed by atoms with Gasteiger partial charge in [0, 0.05) is 37.6 Å². The minimum absolute atomic E-state index is 0.0391. The fraction of sp³-hybridized carbons (Fsp3) is 0.444. The quantitative estimate of drug-likeness (QED) is 0.821. The van der Waals surface area contributed by atoms with Crippen LogP contribution in [-0.2, 0) is 10.0 Å². The van der Waals surface area contributed by atoms with Crippen LogP contribution in [0.1, 0.15) is 43.1 Å². The van der Waals surface area contributed by atoms with E-state index in [9.17, 15) is 13.2 Å². The van der Waals surface area contributed by atoms with E-state index in [-0.39, 0.29) is 27.4 Å². The Hall–Kier alpha value is -1.90. The van der Waals surface area contributed by atoms with Crippen LogP contribution >= 0.6 is 11.6 Å². The Balaban J connectivity index is 1.76. The molecule has 1 aliphatic heterocycles. The standard InChI is InChI=1S/C18H23ClN4O3S/c1-13(2)21-27(25,26)15-3-4-17(19)16(11-15)18(24)22-8-5-14(6-9-22)23-10-7-20-12-23/h3-4,7,10-14,21H,5-6,8-9H2,1-2H3. The highest BCUT2D eigenvalue weighted by Crippen LogP contribution is 2.26. The molecule has 7 nitrogen and oxygen atoms in total. The van der Waals surface area contributed by atoms with E-state index >= 15 is 0 Å². The summed E-state index contributed by atoms with van der Waals surface area (Å²) in [6, 6.07) is 4.30. The van der Waals surface area contributed by atoms with Gasteiger partial charge in [0.05, 0.1) is 21.8 Å². The van der Waals surface area contributed by atoms with Crippen molar-refractivity contribution in [2.45, 2.75) is 43.7 Å². The molecule has 0 radical (unpaired) electrons. The number of carbonyl (C=O) groups is 1. The summed E-state index contributed by atoms with van der Waals surface area (Å²) in [5.41, 5.74) is 0.212. The lowest BCUT2D eigenvalue weighted by atomic mass is 10.0. The van der Waals surface area contributed by atoms with Crippen molar-refractivity contribution in [2.75, 3.05) is 13.1 Å². The SMILES string of the molecule is CC(C)NS(=O)(=O)c1ccc(Cl)c(C(=O)N2CCC(n3ccnc3)CC2)c1. The van der Waals surface area contributed by atoms with Crippen LogP contribution in [0.15, 0.2) is 41.8 Å².